The summed E-state index contributed by atoms with van der Waals surface area (Å²) < 4.78 is 24.6. The lowest BCUT2D eigenvalue weighted by atomic mass is 9.42. The van der Waals surface area contributed by atoms with Crippen LogP contribution in [0, 0.1) is 22.2 Å². The predicted octanol–water partition coefficient (Wildman–Crippen LogP) is 6.94. The number of carbonyl (C=O) groups is 2. The number of unbranched alkanes of at least 4 members (excludes halogenated alkanes) is 2. The Hall–Kier alpha value is -2.00. The van der Waals surface area contributed by atoms with E-state index in [9.17, 15) is 14.7 Å². The van der Waals surface area contributed by atoms with Gasteiger partial charge in [-0.2, -0.15) is 0 Å². The summed E-state index contributed by atoms with van der Waals surface area (Å²) in [5.41, 5.74) is -2.40. The molecule has 8 atom stereocenters. The zero-order valence-corrected chi connectivity index (χ0v) is 28.4. The van der Waals surface area contributed by atoms with Gasteiger partial charge in [0.25, 0.3) is 0 Å². The molecule has 0 spiro atoms. The molecular weight excluding hydrogens is 558 g/mol. The van der Waals surface area contributed by atoms with E-state index in [1.807, 2.05) is 7.11 Å². The summed E-state index contributed by atoms with van der Waals surface area (Å²) >= 11 is 0. The predicted molar refractivity (Wildman–Crippen MR) is 172 cm³/mol. The van der Waals surface area contributed by atoms with Crippen LogP contribution in [0.3, 0.4) is 0 Å². The first-order valence-corrected chi connectivity index (χ1v) is 16.7. The SMILES string of the molecule is CC[C@@]12[C@@H](OC)CC[C@](C)(OC(=O)c3ccccc3NC(C)=O)[C@@]1(C)CC[C@@](O)(CCCCCOC)[C@@]1(C)[C@@H](OC)CC[C@H]12. The lowest BCUT2D eigenvalue weighted by Crippen LogP contribution is -2.68. The molecule has 2 N–H and O–H groups in total. The smallest absolute Gasteiger partial charge is 0.340 e. The fourth-order valence-electron chi connectivity index (χ4n) is 10.4. The van der Waals surface area contributed by atoms with E-state index >= 15 is 0 Å². The van der Waals surface area contributed by atoms with E-state index in [4.69, 9.17) is 18.9 Å². The third-order valence-electron chi connectivity index (χ3n) is 12.8. The molecule has 0 saturated heterocycles. The van der Waals surface area contributed by atoms with E-state index in [-0.39, 0.29) is 29.4 Å². The zero-order chi connectivity index (χ0) is 32.4. The van der Waals surface area contributed by atoms with Crippen molar-refractivity contribution in [2.45, 2.75) is 129 Å². The van der Waals surface area contributed by atoms with Crippen molar-refractivity contribution >= 4 is 17.6 Å². The van der Waals surface area contributed by atoms with Crippen molar-refractivity contribution < 1.29 is 33.6 Å². The summed E-state index contributed by atoms with van der Waals surface area (Å²) in [4.78, 5) is 26.0. The number of nitrogens with one attached hydrogen (secondary N) is 1. The molecule has 248 valence electrons. The number of para-hydroxylation sites is 1. The Morgan fingerprint density at radius 2 is 1.64 bits per heavy atom. The number of rotatable bonds is 12. The van der Waals surface area contributed by atoms with Crippen LogP contribution in [0.25, 0.3) is 0 Å². The molecule has 8 nitrogen and oxygen atoms in total. The Morgan fingerprint density at radius 3 is 2.27 bits per heavy atom. The van der Waals surface area contributed by atoms with Crippen LogP contribution in [-0.2, 0) is 23.7 Å². The molecule has 0 heterocycles. The van der Waals surface area contributed by atoms with Gasteiger partial charge in [0, 0.05) is 51.1 Å². The summed E-state index contributed by atoms with van der Waals surface area (Å²) in [6.07, 6.45) is 8.72. The number of ether oxygens (including phenoxy) is 4. The summed E-state index contributed by atoms with van der Waals surface area (Å²) in [5.74, 6) is -0.593. The largest absolute Gasteiger partial charge is 0.455 e. The second kappa shape index (κ2) is 13.4. The Bertz CT molecular complexity index is 1170. The molecule has 3 fully saturated rings. The summed E-state index contributed by atoms with van der Waals surface area (Å²) in [6.45, 7) is 11.1. The molecule has 1 aromatic carbocycles. The minimum atomic E-state index is -0.953. The number of carbonyl (C=O) groups excluding carboxylic acids is 2. The highest BCUT2D eigenvalue weighted by Crippen LogP contribution is 2.74. The molecule has 0 unspecified atom stereocenters. The number of fused-ring (bicyclic) bond motifs is 3. The minimum absolute atomic E-state index is 0.0556. The molecule has 3 saturated carbocycles. The van der Waals surface area contributed by atoms with Gasteiger partial charge in [0.15, 0.2) is 0 Å². The molecule has 4 rings (SSSR count). The summed E-state index contributed by atoms with van der Waals surface area (Å²) in [7, 11) is 5.33. The normalized spacial score (nSPS) is 38.3. The lowest BCUT2D eigenvalue weighted by Gasteiger charge is -2.66. The molecule has 3 aliphatic carbocycles. The number of amides is 1. The van der Waals surface area contributed by atoms with Gasteiger partial charge in [-0.25, -0.2) is 4.79 Å². The van der Waals surface area contributed by atoms with Gasteiger partial charge in [-0.3, -0.25) is 4.79 Å². The number of esters is 1. The average molecular weight is 616 g/mol. The highest BCUT2D eigenvalue weighted by Gasteiger charge is 2.76. The zero-order valence-electron chi connectivity index (χ0n) is 28.4. The van der Waals surface area contributed by atoms with Crippen molar-refractivity contribution in [2.24, 2.45) is 22.2 Å². The van der Waals surface area contributed by atoms with E-state index in [2.05, 4.69) is 33.0 Å². The van der Waals surface area contributed by atoms with Gasteiger partial charge in [0.2, 0.25) is 5.91 Å². The van der Waals surface area contributed by atoms with Crippen LogP contribution in [0.4, 0.5) is 5.69 Å². The van der Waals surface area contributed by atoms with Crippen molar-refractivity contribution in [1.29, 1.82) is 0 Å². The van der Waals surface area contributed by atoms with E-state index in [0.717, 1.165) is 51.6 Å². The lowest BCUT2D eigenvalue weighted by molar-refractivity contribution is -0.257. The van der Waals surface area contributed by atoms with Crippen molar-refractivity contribution in [3.63, 3.8) is 0 Å². The van der Waals surface area contributed by atoms with Crippen LogP contribution in [0.15, 0.2) is 24.3 Å². The highest BCUT2D eigenvalue weighted by atomic mass is 16.6. The van der Waals surface area contributed by atoms with Crippen LogP contribution in [0.2, 0.25) is 0 Å². The molecular formula is C36H57NO7. The van der Waals surface area contributed by atoms with E-state index < -0.39 is 28.0 Å². The summed E-state index contributed by atoms with van der Waals surface area (Å²) in [5, 5.41) is 15.7. The van der Waals surface area contributed by atoms with Gasteiger partial charge in [0.1, 0.15) is 5.60 Å². The van der Waals surface area contributed by atoms with Crippen LogP contribution in [0.5, 0.6) is 0 Å². The maximum atomic E-state index is 14.0. The third-order valence-corrected chi connectivity index (χ3v) is 12.8. The van der Waals surface area contributed by atoms with Crippen LogP contribution in [0.1, 0.15) is 116 Å². The number of hydrogen-bond acceptors (Lipinski definition) is 7. The van der Waals surface area contributed by atoms with Crippen molar-refractivity contribution in [3.8, 4) is 0 Å². The third kappa shape index (κ3) is 5.41. The van der Waals surface area contributed by atoms with Crippen molar-refractivity contribution in [2.75, 3.05) is 33.3 Å². The van der Waals surface area contributed by atoms with Crippen LogP contribution < -0.4 is 5.32 Å². The van der Waals surface area contributed by atoms with Crippen LogP contribution in [-0.4, -0.2) is 68.3 Å². The number of aliphatic hydroxyl groups is 1. The Labute approximate surface area is 264 Å². The second-order valence-corrected chi connectivity index (χ2v) is 14.3. The fourth-order valence-corrected chi connectivity index (χ4v) is 10.4. The van der Waals surface area contributed by atoms with E-state index in [1.165, 1.54) is 6.92 Å². The molecule has 8 heteroatoms. The van der Waals surface area contributed by atoms with Crippen LogP contribution >= 0.6 is 0 Å². The number of hydrogen-bond donors (Lipinski definition) is 2. The van der Waals surface area contributed by atoms with Gasteiger partial charge in [-0.15, -0.1) is 0 Å². The van der Waals surface area contributed by atoms with Gasteiger partial charge < -0.3 is 29.4 Å². The second-order valence-electron chi connectivity index (χ2n) is 14.3. The molecule has 0 radical (unpaired) electrons. The van der Waals surface area contributed by atoms with Gasteiger partial charge in [-0.05, 0) is 82.8 Å². The fraction of sp³-hybridized carbons (Fsp3) is 0.778. The van der Waals surface area contributed by atoms with Crippen molar-refractivity contribution in [1.82, 2.24) is 0 Å². The molecule has 44 heavy (non-hydrogen) atoms. The first kappa shape index (κ1) is 34.9. The summed E-state index contributed by atoms with van der Waals surface area (Å²) in [6, 6.07) is 7.02. The Balaban J connectivity index is 1.82. The quantitative estimate of drug-likeness (QED) is 0.194. The Kier molecular flexibility index (Phi) is 10.6. The van der Waals surface area contributed by atoms with E-state index in [0.29, 0.717) is 36.9 Å². The number of anilines is 1. The standard InChI is InChI=1S/C36H57NO7/c1-9-36-28-17-18-29(42-7)34(28,5)35(40,20-13-10-14-24-41-6)23-22-32(36,3)33(4,21-19-30(36)43-8)44-31(39)26-15-11-12-16-27(26)37-25(2)38/h11-12,15-16,28-30,40H,9-10,13-14,17-24H2,1-8H3,(H,37,38)/t28-,29+,30+,32-,33+,34-,35+,36-/m1/s1. The topological polar surface area (TPSA) is 103 Å². The molecule has 0 aliphatic heterocycles. The van der Waals surface area contributed by atoms with Gasteiger partial charge >= 0.3 is 5.97 Å². The van der Waals surface area contributed by atoms with Crippen molar-refractivity contribution in [3.05, 3.63) is 29.8 Å². The molecule has 1 aromatic rings. The number of methoxy groups -OCH3 is 3. The first-order chi connectivity index (χ1) is 20.8. The molecule has 1 amide bonds. The van der Waals surface area contributed by atoms with Gasteiger partial charge in [-0.1, -0.05) is 45.7 Å². The monoisotopic (exact) mass is 615 g/mol. The van der Waals surface area contributed by atoms with E-state index in [1.54, 1.807) is 38.5 Å². The number of benzene rings is 1. The maximum Gasteiger partial charge on any atom is 0.340 e. The van der Waals surface area contributed by atoms with Gasteiger partial charge in [0.05, 0.1) is 29.1 Å². The minimum Gasteiger partial charge on any atom is -0.455 e. The first-order valence-electron chi connectivity index (χ1n) is 16.7. The Morgan fingerprint density at radius 1 is 0.932 bits per heavy atom. The molecule has 0 aromatic heterocycles. The highest BCUT2D eigenvalue weighted by molar-refractivity contribution is 6.00. The average Bonchev–Trinajstić information content (AvgIpc) is 3.32. The maximum absolute atomic E-state index is 14.0. The molecule has 0 bridgehead atoms. The molecule has 3 aliphatic rings.